The molecule has 1 aromatic rings. The van der Waals surface area contributed by atoms with Crippen molar-refractivity contribution in [3.8, 4) is 0 Å². The second-order valence-electron chi connectivity index (χ2n) is 6.16. The van der Waals surface area contributed by atoms with E-state index in [1.54, 1.807) is 0 Å². The van der Waals surface area contributed by atoms with Gasteiger partial charge in [-0.15, -0.1) is 0 Å². The standard InChI is InChI=1S/C17H23ClN2O2/c1-11(2)17(22)20-9-7-13(8-10-20)16(21)19-15-6-4-5-14(18)12(15)3/h4-6,11,13H,7-10H2,1-3H3,(H,19,21). The molecule has 1 saturated heterocycles. The van der Waals surface area contributed by atoms with E-state index in [4.69, 9.17) is 11.6 Å². The van der Waals surface area contributed by atoms with Crippen LogP contribution in [0.25, 0.3) is 0 Å². The van der Waals surface area contributed by atoms with Crippen LogP contribution < -0.4 is 5.32 Å². The minimum atomic E-state index is -0.0467. The molecule has 4 nitrogen and oxygen atoms in total. The number of nitrogens with zero attached hydrogens (tertiary/aromatic N) is 1. The van der Waals surface area contributed by atoms with Crippen molar-refractivity contribution in [2.24, 2.45) is 11.8 Å². The molecule has 0 unspecified atom stereocenters. The number of halogens is 1. The summed E-state index contributed by atoms with van der Waals surface area (Å²) in [6.07, 6.45) is 1.42. The summed E-state index contributed by atoms with van der Waals surface area (Å²) in [5, 5.41) is 3.61. The minimum absolute atomic E-state index is 0.0134. The zero-order chi connectivity index (χ0) is 16.3. The van der Waals surface area contributed by atoms with Gasteiger partial charge in [-0.25, -0.2) is 0 Å². The predicted molar refractivity (Wildman–Crippen MR) is 89.0 cm³/mol. The zero-order valence-corrected chi connectivity index (χ0v) is 14.1. The lowest BCUT2D eigenvalue weighted by Gasteiger charge is -2.32. The summed E-state index contributed by atoms with van der Waals surface area (Å²) in [4.78, 5) is 26.2. The van der Waals surface area contributed by atoms with E-state index in [1.807, 2.05) is 43.9 Å². The molecule has 1 heterocycles. The van der Waals surface area contributed by atoms with E-state index in [2.05, 4.69) is 5.32 Å². The molecule has 1 aliphatic heterocycles. The highest BCUT2D eigenvalue weighted by Crippen LogP contribution is 2.25. The summed E-state index contributed by atoms with van der Waals surface area (Å²) in [5.74, 6) is 0.153. The van der Waals surface area contributed by atoms with Crippen molar-refractivity contribution in [2.45, 2.75) is 33.6 Å². The number of carbonyl (C=O) groups excluding carboxylic acids is 2. The van der Waals surface area contributed by atoms with E-state index in [9.17, 15) is 9.59 Å². The van der Waals surface area contributed by atoms with Crippen LogP contribution >= 0.6 is 11.6 Å². The van der Waals surface area contributed by atoms with Gasteiger partial charge in [0.05, 0.1) is 0 Å². The van der Waals surface area contributed by atoms with E-state index in [1.165, 1.54) is 0 Å². The third-order valence-electron chi connectivity index (χ3n) is 4.20. The van der Waals surface area contributed by atoms with Gasteiger partial charge >= 0.3 is 0 Å². The van der Waals surface area contributed by atoms with Crippen LogP contribution in [0, 0.1) is 18.8 Å². The fraction of sp³-hybridized carbons (Fsp3) is 0.529. The Kier molecular flexibility index (Phi) is 5.46. The first-order valence-electron chi connectivity index (χ1n) is 7.75. The molecule has 1 aromatic carbocycles. The number of anilines is 1. The Morgan fingerprint density at radius 3 is 2.50 bits per heavy atom. The van der Waals surface area contributed by atoms with E-state index in [0.29, 0.717) is 31.0 Å². The molecule has 0 spiro atoms. The third-order valence-corrected chi connectivity index (χ3v) is 4.61. The number of carbonyl (C=O) groups is 2. The van der Waals surface area contributed by atoms with Crippen molar-refractivity contribution in [3.05, 3.63) is 28.8 Å². The largest absolute Gasteiger partial charge is 0.342 e. The number of hydrogen-bond donors (Lipinski definition) is 1. The quantitative estimate of drug-likeness (QED) is 0.926. The van der Waals surface area contributed by atoms with Crippen molar-refractivity contribution in [3.63, 3.8) is 0 Å². The smallest absolute Gasteiger partial charge is 0.227 e. The number of amides is 2. The Balaban J connectivity index is 1.93. The Labute approximate surface area is 136 Å². The van der Waals surface area contributed by atoms with Gasteiger partial charge in [-0.2, -0.15) is 0 Å². The molecular weight excluding hydrogens is 300 g/mol. The van der Waals surface area contributed by atoms with Gasteiger partial charge in [-0.05, 0) is 37.5 Å². The predicted octanol–water partition coefficient (Wildman–Crippen LogP) is 3.48. The third kappa shape index (κ3) is 3.80. The molecule has 5 heteroatoms. The van der Waals surface area contributed by atoms with Crippen LogP contribution in [0.1, 0.15) is 32.3 Å². The molecule has 1 N–H and O–H groups in total. The van der Waals surface area contributed by atoms with Gasteiger partial charge in [0.25, 0.3) is 0 Å². The summed E-state index contributed by atoms with van der Waals surface area (Å²) >= 11 is 6.07. The topological polar surface area (TPSA) is 49.4 Å². The average molecular weight is 323 g/mol. The van der Waals surface area contributed by atoms with Gasteiger partial charge in [0.1, 0.15) is 0 Å². The lowest BCUT2D eigenvalue weighted by atomic mass is 9.95. The lowest BCUT2D eigenvalue weighted by Crippen LogP contribution is -2.43. The van der Waals surface area contributed by atoms with Gasteiger partial charge < -0.3 is 10.2 Å². The number of nitrogens with one attached hydrogen (secondary N) is 1. The fourth-order valence-electron chi connectivity index (χ4n) is 2.70. The Bertz CT molecular complexity index is 564. The molecule has 1 fully saturated rings. The van der Waals surface area contributed by atoms with Crippen LogP contribution in [0.15, 0.2) is 18.2 Å². The Morgan fingerprint density at radius 1 is 1.27 bits per heavy atom. The summed E-state index contributed by atoms with van der Waals surface area (Å²) in [5.41, 5.74) is 1.64. The number of likely N-dealkylation sites (tertiary alicyclic amines) is 1. The first-order valence-corrected chi connectivity index (χ1v) is 8.12. The number of hydrogen-bond acceptors (Lipinski definition) is 2. The van der Waals surface area contributed by atoms with E-state index >= 15 is 0 Å². The molecular formula is C17H23ClN2O2. The second-order valence-corrected chi connectivity index (χ2v) is 6.56. The summed E-state index contributed by atoms with van der Waals surface area (Å²) < 4.78 is 0. The molecule has 2 amide bonds. The highest BCUT2D eigenvalue weighted by molar-refractivity contribution is 6.31. The second kappa shape index (κ2) is 7.14. The van der Waals surface area contributed by atoms with Crippen molar-refractivity contribution in [1.29, 1.82) is 0 Å². The number of rotatable bonds is 3. The minimum Gasteiger partial charge on any atom is -0.342 e. The van der Waals surface area contributed by atoms with Crippen LogP contribution in [0.5, 0.6) is 0 Å². The Morgan fingerprint density at radius 2 is 1.91 bits per heavy atom. The molecule has 22 heavy (non-hydrogen) atoms. The van der Waals surface area contributed by atoms with Crippen molar-refractivity contribution in [2.75, 3.05) is 18.4 Å². The van der Waals surface area contributed by atoms with Crippen LogP contribution in [-0.2, 0) is 9.59 Å². The molecule has 0 saturated carbocycles. The molecule has 120 valence electrons. The van der Waals surface area contributed by atoms with Crippen molar-refractivity contribution < 1.29 is 9.59 Å². The molecule has 1 aliphatic rings. The molecule has 0 aliphatic carbocycles. The van der Waals surface area contributed by atoms with Gasteiger partial charge in [0, 0.05) is 35.6 Å². The Hall–Kier alpha value is -1.55. The molecule has 0 atom stereocenters. The average Bonchev–Trinajstić information content (AvgIpc) is 2.51. The summed E-state index contributed by atoms with van der Waals surface area (Å²) in [7, 11) is 0. The number of piperidine rings is 1. The van der Waals surface area contributed by atoms with Crippen LogP contribution in [-0.4, -0.2) is 29.8 Å². The maximum atomic E-state index is 12.4. The first-order chi connectivity index (χ1) is 10.4. The zero-order valence-electron chi connectivity index (χ0n) is 13.4. The number of benzene rings is 1. The van der Waals surface area contributed by atoms with Gasteiger partial charge in [-0.1, -0.05) is 31.5 Å². The highest BCUT2D eigenvalue weighted by Gasteiger charge is 2.28. The fourth-order valence-corrected chi connectivity index (χ4v) is 2.88. The normalized spacial score (nSPS) is 16.0. The van der Waals surface area contributed by atoms with Crippen molar-refractivity contribution >= 4 is 29.1 Å². The van der Waals surface area contributed by atoms with Crippen LogP contribution in [0.3, 0.4) is 0 Å². The van der Waals surface area contributed by atoms with E-state index < -0.39 is 0 Å². The molecule has 0 radical (unpaired) electrons. The summed E-state index contributed by atoms with van der Waals surface area (Å²) in [6.45, 7) is 7.02. The van der Waals surface area contributed by atoms with E-state index in [-0.39, 0.29) is 23.7 Å². The SMILES string of the molecule is Cc1c(Cl)cccc1NC(=O)C1CCN(C(=O)C(C)C)CC1. The van der Waals surface area contributed by atoms with Gasteiger partial charge in [-0.3, -0.25) is 9.59 Å². The monoisotopic (exact) mass is 322 g/mol. The molecule has 2 rings (SSSR count). The van der Waals surface area contributed by atoms with E-state index in [0.717, 1.165) is 11.3 Å². The summed E-state index contributed by atoms with van der Waals surface area (Å²) in [6, 6.07) is 5.49. The maximum Gasteiger partial charge on any atom is 0.227 e. The van der Waals surface area contributed by atoms with Gasteiger partial charge in [0.2, 0.25) is 11.8 Å². The lowest BCUT2D eigenvalue weighted by molar-refractivity contribution is -0.137. The van der Waals surface area contributed by atoms with Crippen LogP contribution in [0.2, 0.25) is 5.02 Å². The highest BCUT2D eigenvalue weighted by atomic mass is 35.5. The molecule has 0 aromatic heterocycles. The molecule has 0 bridgehead atoms. The van der Waals surface area contributed by atoms with Crippen molar-refractivity contribution in [1.82, 2.24) is 4.90 Å². The van der Waals surface area contributed by atoms with Crippen LogP contribution in [0.4, 0.5) is 5.69 Å². The first kappa shape index (κ1) is 16.8. The van der Waals surface area contributed by atoms with Gasteiger partial charge in [0.15, 0.2) is 0 Å². The maximum absolute atomic E-state index is 12.4.